The van der Waals surface area contributed by atoms with Crippen LogP contribution in [0.5, 0.6) is 11.5 Å². The molecule has 2 N–H and O–H groups in total. The van der Waals surface area contributed by atoms with Crippen LogP contribution in [0.15, 0.2) is 30.3 Å². The van der Waals surface area contributed by atoms with Crippen molar-refractivity contribution < 1.29 is 32.2 Å². The molecule has 2 amide bonds. The van der Waals surface area contributed by atoms with E-state index < -0.39 is 29.2 Å². The van der Waals surface area contributed by atoms with E-state index >= 15 is 0 Å². The number of carbonyl (C=O) groups is 2. The van der Waals surface area contributed by atoms with Crippen molar-refractivity contribution in [2.45, 2.75) is 26.9 Å². The molecule has 2 aromatic carbocycles. The van der Waals surface area contributed by atoms with Gasteiger partial charge in [0.05, 0.1) is 30.0 Å². The van der Waals surface area contributed by atoms with E-state index in [4.69, 9.17) is 21.1 Å². The zero-order valence-corrected chi connectivity index (χ0v) is 18.1. The smallest absolute Gasteiger partial charge is 0.418 e. The van der Waals surface area contributed by atoms with Gasteiger partial charge in [0.15, 0.2) is 11.5 Å². The molecule has 0 aromatic heterocycles. The number of benzene rings is 2. The van der Waals surface area contributed by atoms with Gasteiger partial charge in [0.2, 0.25) is 5.91 Å². The number of amides is 2. The van der Waals surface area contributed by atoms with Gasteiger partial charge in [0, 0.05) is 18.2 Å². The van der Waals surface area contributed by atoms with Crippen LogP contribution in [-0.2, 0) is 11.0 Å². The van der Waals surface area contributed by atoms with Gasteiger partial charge < -0.3 is 20.1 Å². The lowest BCUT2D eigenvalue weighted by Gasteiger charge is -2.17. The highest BCUT2D eigenvalue weighted by molar-refractivity contribution is 6.32. The second kappa shape index (κ2) is 9.91. The molecular formula is C21H22ClF3N2O4. The average Bonchev–Trinajstić information content (AvgIpc) is 2.66. The molecule has 0 saturated heterocycles. The minimum absolute atomic E-state index is 0.0159. The highest BCUT2D eigenvalue weighted by Crippen LogP contribution is 2.39. The largest absolute Gasteiger partial charge is 0.493 e. The Morgan fingerprint density at radius 2 is 1.81 bits per heavy atom. The third kappa shape index (κ3) is 6.52. The molecular weight excluding hydrogens is 437 g/mol. The number of halogens is 4. The summed E-state index contributed by atoms with van der Waals surface area (Å²) in [7, 11) is 1.36. The van der Waals surface area contributed by atoms with E-state index in [0.717, 1.165) is 12.1 Å². The number of carbonyl (C=O) groups excluding carboxylic acids is 2. The SMILES string of the molecule is COc1cc(C(=O)Nc2ccc(NC(C)=O)cc2C(F)(F)F)cc(Cl)c1OCC(C)C. The van der Waals surface area contributed by atoms with Crippen LogP contribution in [0.4, 0.5) is 24.5 Å². The van der Waals surface area contributed by atoms with Crippen LogP contribution in [0.3, 0.4) is 0 Å². The van der Waals surface area contributed by atoms with E-state index in [1.807, 2.05) is 13.8 Å². The minimum atomic E-state index is -4.76. The maximum atomic E-state index is 13.5. The first-order valence-electron chi connectivity index (χ1n) is 9.23. The Balaban J connectivity index is 2.36. The molecule has 0 unspecified atom stereocenters. The summed E-state index contributed by atoms with van der Waals surface area (Å²) in [5.41, 5.74) is -1.64. The fraction of sp³-hybridized carbons (Fsp3) is 0.333. The second-order valence-electron chi connectivity index (χ2n) is 7.09. The molecule has 0 atom stereocenters. The zero-order valence-electron chi connectivity index (χ0n) is 17.3. The summed E-state index contributed by atoms with van der Waals surface area (Å²) >= 11 is 6.21. The van der Waals surface area contributed by atoms with E-state index in [2.05, 4.69) is 10.6 Å². The van der Waals surface area contributed by atoms with Crippen LogP contribution in [0.25, 0.3) is 0 Å². The highest BCUT2D eigenvalue weighted by Gasteiger charge is 2.34. The lowest BCUT2D eigenvalue weighted by atomic mass is 10.1. The number of methoxy groups -OCH3 is 1. The molecule has 2 rings (SSSR count). The number of ether oxygens (including phenoxy) is 2. The first kappa shape index (κ1) is 24.3. The van der Waals surface area contributed by atoms with Crippen molar-refractivity contribution in [3.63, 3.8) is 0 Å². The van der Waals surface area contributed by atoms with Crippen molar-refractivity contribution in [3.8, 4) is 11.5 Å². The van der Waals surface area contributed by atoms with Crippen LogP contribution < -0.4 is 20.1 Å². The Morgan fingerprint density at radius 3 is 2.35 bits per heavy atom. The summed E-state index contributed by atoms with van der Waals surface area (Å²) < 4.78 is 51.3. The van der Waals surface area contributed by atoms with Crippen molar-refractivity contribution in [2.24, 2.45) is 5.92 Å². The van der Waals surface area contributed by atoms with Crippen molar-refractivity contribution in [1.82, 2.24) is 0 Å². The van der Waals surface area contributed by atoms with Gasteiger partial charge in [-0.15, -0.1) is 0 Å². The molecule has 0 aliphatic carbocycles. The number of alkyl halides is 3. The van der Waals surface area contributed by atoms with Gasteiger partial charge in [0.25, 0.3) is 5.91 Å². The summed E-state index contributed by atoms with van der Waals surface area (Å²) in [6.45, 7) is 5.42. The monoisotopic (exact) mass is 458 g/mol. The lowest BCUT2D eigenvalue weighted by Crippen LogP contribution is -2.18. The van der Waals surface area contributed by atoms with Gasteiger partial charge >= 0.3 is 6.18 Å². The van der Waals surface area contributed by atoms with Crippen molar-refractivity contribution in [3.05, 3.63) is 46.5 Å². The summed E-state index contributed by atoms with van der Waals surface area (Å²) in [5.74, 6) is -0.717. The lowest BCUT2D eigenvalue weighted by molar-refractivity contribution is -0.137. The van der Waals surface area contributed by atoms with Gasteiger partial charge in [-0.1, -0.05) is 25.4 Å². The first-order valence-corrected chi connectivity index (χ1v) is 9.60. The quantitative estimate of drug-likeness (QED) is 0.565. The van der Waals surface area contributed by atoms with Crippen LogP contribution in [0.2, 0.25) is 5.02 Å². The van der Waals surface area contributed by atoms with Crippen LogP contribution >= 0.6 is 11.6 Å². The molecule has 0 fully saturated rings. The first-order chi connectivity index (χ1) is 14.4. The summed E-state index contributed by atoms with van der Waals surface area (Å²) in [6, 6.07) is 5.67. The summed E-state index contributed by atoms with van der Waals surface area (Å²) in [6.07, 6.45) is -4.76. The van der Waals surface area contributed by atoms with Gasteiger partial charge in [-0.3, -0.25) is 9.59 Å². The molecule has 2 aromatic rings. The number of anilines is 2. The summed E-state index contributed by atoms with van der Waals surface area (Å²) in [4.78, 5) is 23.8. The van der Waals surface area contributed by atoms with E-state index in [-0.39, 0.29) is 33.7 Å². The minimum Gasteiger partial charge on any atom is -0.493 e. The Bertz CT molecular complexity index is 978. The Labute approximate surface area is 182 Å². The normalized spacial score (nSPS) is 11.3. The van der Waals surface area contributed by atoms with Crippen molar-refractivity contribution in [2.75, 3.05) is 24.4 Å². The molecule has 0 aliphatic heterocycles. The van der Waals surface area contributed by atoms with Crippen LogP contribution in [0.1, 0.15) is 36.7 Å². The van der Waals surface area contributed by atoms with Gasteiger partial charge in [-0.2, -0.15) is 13.2 Å². The molecule has 168 valence electrons. The molecule has 6 nitrogen and oxygen atoms in total. The Hall–Kier alpha value is -2.94. The van der Waals surface area contributed by atoms with E-state index in [9.17, 15) is 22.8 Å². The predicted molar refractivity (Wildman–Crippen MR) is 112 cm³/mol. The number of hydrogen-bond donors (Lipinski definition) is 2. The molecule has 0 aliphatic rings. The highest BCUT2D eigenvalue weighted by atomic mass is 35.5. The van der Waals surface area contributed by atoms with Crippen molar-refractivity contribution in [1.29, 1.82) is 0 Å². The standard InChI is InChI=1S/C21H22ClF3N2O4/c1-11(2)10-31-19-16(22)7-13(8-18(19)30-4)20(29)27-17-6-5-14(26-12(3)28)9-15(17)21(23,24)25/h5-9,11H,10H2,1-4H3,(H,26,28)(H,27,29). The Morgan fingerprint density at radius 1 is 1.13 bits per heavy atom. The molecule has 10 heteroatoms. The van der Waals surface area contributed by atoms with E-state index in [0.29, 0.717) is 6.61 Å². The Kier molecular flexibility index (Phi) is 7.78. The van der Waals surface area contributed by atoms with Gasteiger partial charge in [-0.05, 0) is 36.2 Å². The van der Waals surface area contributed by atoms with Gasteiger partial charge in [0.1, 0.15) is 0 Å². The number of rotatable bonds is 7. The third-order valence-corrected chi connectivity index (χ3v) is 4.23. The van der Waals surface area contributed by atoms with Gasteiger partial charge in [-0.25, -0.2) is 0 Å². The number of nitrogens with one attached hydrogen (secondary N) is 2. The maximum absolute atomic E-state index is 13.5. The van der Waals surface area contributed by atoms with Crippen LogP contribution in [-0.4, -0.2) is 25.5 Å². The zero-order chi connectivity index (χ0) is 23.3. The van der Waals surface area contributed by atoms with E-state index in [1.165, 1.54) is 32.2 Å². The fourth-order valence-electron chi connectivity index (χ4n) is 2.60. The second-order valence-corrected chi connectivity index (χ2v) is 7.49. The fourth-order valence-corrected chi connectivity index (χ4v) is 2.87. The number of hydrogen-bond acceptors (Lipinski definition) is 4. The van der Waals surface area contributed by atoms with Crippen LogP contribution in [0, 0.1) is 5.92 Å². The van der Waals surface area contributed by atoms with Crippen molar-refractivity contribution >= 4 is 34.8 Å². The molecule has 0 spiro atoms. The topological polar surface area (TPSA) is 76.7 Å². The van der Waals surface area contributed by atoms with E-state index in [1.54, 1.807) is 0 Å². The maximum Gasteiger partial charge on any atom is 0.418 e. The molecule has 0 bridgehead atoms. The predicted octanol–water partition coefficient (Wildman–Crippen LogP) is 5.61. The summed E-state index contributed by atoms with van der Waals surface area (Å²) in [5, 5.41) is 4.60. The molecule has 0 radical (unpaired) electrons. The molecule has 0 saturated carbocycles. The molecule has 31 heavy (non-hydrogen) atoms. The average molecular weight is 459 g/mol. The third-order valence-electron chi connectivity index (χ3n) is 3.95. The molecule has 0 heterocycles.